The van der Waals surface area contributed by atoms with Gasteiger partial charge in [-0.1, -0.05) is 31.4 Å². The Kier molecular flexibility index (Phi) is 6.42. The van der Waals surface area contributed by atoms with Crippen LogP contribution < -0.4 is 5.56 Å². The van der Waals surface area contributed by atoms with Gasteiger partial charge < -0.3 is 4.90 Å². The molecule has 0 aliphatic heterocycles. The van der Waals surface area contributed by atoms with Gasteiger partial charge in [0.1, 0.15) is 24.0 Å². The molecule has 152 valence electrons. The average Bonchev–Trinajstić information content (AvgIpc) is 2.72. The van der Waals surface area contributed by atoms with Gasteiger partial charge in [-0.3, -0.25) is 9.59 Å². The summed E-state index contributed by atoms with van der Waals surface area (Å²) in [6, 6.07) is 8.12. The summed E-state index contributed by atoms with van der Waals surface area (Å²) in [7, 11) is 0. The molecule has 0 bridgehead atoms. The Morgan fingerprint density at radius 2 is 1.90 bits per heavy atom. The maximum Gasteiger partial charge on any atom is 0.285 e. The van der Waals surface area contributed by atoms with E-state index >= 15 is 0 Å². The molecular weight excluding hydrogens is 371 g/mol. The number of aromatic nitrogens is 2. The van der Waals surface area contributed by atoms with Crippen molar-refractivity contribution in [3.05, 3.63) is 62.8 Å². The van der Waals surface area contributed by atoms with Crippen LogP contribution in [0, 0.1) is 31.0 Å². The molecule has 0 radical (unpaired) electrons. The molecule has 1 saturated carbocycles. The van der Waals surface area contributed by atoms with Gasteiger partial charge in [0.15, 0.2) is 0 Å². The van der Waals surface area contributed by atoms with Crippen molar-refractivity contribution in [1.82, 2.24) is 14.7 Å². The highest BCUT2D eigenvalue weighted by Gasteiger charge is 2.26. The smallest absolute Gasteiger partial charge is 0.285 e. The van der Waals surface area contributed by atoms with Gasteiger partial charge in [-0.15, -0.1) is 0 Å². The molecule has 1 aromatic heterocycles. The number of halogens is 1. The van der Waals surface area contributed by atoms with Crippen molar-refractivity contribution in [2.24, 2.45) is 0 Å². The number of amides is 1. The maximum atomic E-state index is 13.3. The fraction of sp³-hybridized carbons (Fsp3) is 0.455. The third kappa shape index (κ3) is 4.70. The summed E-state index contributed by atoms with van der Waals surface area (Å²) in [6.07, 6.45) is 5.08. The van der Waals surface area contributed by atoms with Gasteiger partial charge in [-0.2, -0.15) is 10.4 Å². The number of aryl methyl sites for hydroxylation is 1. The van der Waals surface area contributed by atoms with Crippen LogP contribution in [0.15, 0.2) is 29.1 Å². The monoisotopic (exact) mass is 396 g/mol. The van der Waals surface area contributed by atoms with Crippen LogP contribution in [0.5, 0.6) is 0 Å². The number of nitrogens with zero attached hydrogens (tertiary/aromatic N) is 4. The third-order valence-corrected chi connectivity index (χ3v) is 5.64. The lowest BCUT2D eigenvalue weighted by molar-refractivity contribution is -0.136. The minimum Gasteiger partial charge on any atom is -0.334 e. The molecule has 3 rings (SSSR count). The van der Waals surface area contributed by atoms with Crippen LogP contribution >= 0.6 is 0 Å². The lowest BCUT2D eigenvalue weighted by atomic mass is 9.93. The first-order valence-electron chi connectivity index (χ1n) is 9.93. The van der Waals surface area contributed by atoms with E-state index in [0.717, 1.165) is 42.3 Å². The van der Waals surface area contributed by atoms with E-state index in [9.17, 15) is 19.2 Å². The largest absolute Gasteiger partial charge is 0.334 e. The minimum atomic E-state index is -0.547. The van der Waals surface area contributed by atoms with E-state index < -0.39 is 5.56 Å². The van der Waals surface area contributed by atoms with Gasteiger partial charge in [0.25, 0.3) is 5.56 Å². The highest BCUT2D eigenvalue weighted by atomic mass is 19.1. The van der Waals surface area contributed by atoms with Crippen LogP contribution in [0.25, 0.3) is 0 Å². The second kappa shape index (κ2) is 8.99. The van der Waals surface area contributed by atoms with Gasteiger partial charge in [0.2, 0.25) is 5.91 Å². The Hall–Kier alpha value is -3.01. The van der Waals surface area contributed by atoms with E-state index in [1.54, 1.807) is 30.9 Å². The molecule has 7 heteroatoms. The first-order valence-corrected chi connectivity index (χ1v) is 9.93. The molecule has 0 unspecified atom stereocenters. The molecule has 0 atom stereocenters. The van der Waals surface area contributed by atoms with Crippen LogP contribution in [0.1, 0.15) is 54.5 Å². The summed E-state index contributed by atoms with van der Waals surface area (Å²) >= 11 is 0. The number of carbonyl (C=O) groups is 1. The quantitative estimate of drug-likeness (QED) is 0.777. The van der Waals surface area contributed by atoms with Gasteiger partial charge in [0, 0.05) is 12.6 Å². The molecule has 6 nitrogen and oxygen atoms in total. The minimum absolute atomic E-state index is 0.0213. The molecule has 1 heterocycles. The molecular formula is C22H25FN4O2. The lowest BCUT2D eigenvalue weighted by Gasteiger charge is -2.34. The number of rotatable bonds is 5. The second-order valence-electron chi connectivity index (χ2n) is 7.60. The van der Waals surface area contributed by atoms with Gasteiger partial charge in [0.05, 0.1) is 5.69 Å². The topological polar surface area (TPSA) is 79.0 Å². The lowest BCUT2D eigenvalue weighted by Crippen LogP contribution is -2.44. The zero-order chi connectivity index (χ0) is 21.0. The van der Waals surface area contributed by atoms with E-state index in [4.69, 9.17) is 0 Å². The summed E-state index contributed by atoms with van der Waals surface area (Å²) in [4.78, 5) is 27.5. The molecule has 0 spiro atoms. The second-order valence-corrected chi connectivity index (χ2v) is 7.60. The fourth-order valence-electron chi connectivity index (χ4n) is 3.83. The Bertz CT molecular complexity index is 986. The van der Waals surface area contributed by atoms with Crippen molar-refractivity contribution in [2.45, 2.75) is 65.1 Å². The SMILES string of the molecule is Cc1nn(CC(=O)N(Cc2ccc(F)cc2)C2CCCCC2)c(=O)c(C#N)c1C. The van der Waals surface area contributed by atoms with E-state index in [1.807, 2.05) is 6.07 Å². The maximum absolute atomic E-state index is 13.3. The van der Waals surface area contributed by atoms with Gasteiger partial charge >= 0.3 is 0 Å². The van der Waals surface area contributed by atoms with Crippen molar-refractivity contribution >= 4 is 5.91 Å². The zero-order valence-corrected chi connectivity index (χ0v) is 16.8. The summed E-state index contributed by atoms with van der Waals surface area (Å²) in [6.45, 7) is 3.53. The molecule has 1 amide bonds. The molecule has 0 saturated heterocycles. The predicted molar refractivity (Wildman–Crippen MR) is 107 cm³/mol. The molecule has 1 aliphatic rings. The summed E-state index contributed by atoms with van der Waals surface area (Å²) < 4.78 is 14.3. The normalized spacial score (nSPS) is 14.4. The van der Waals surface area contributed by atoms with Gasteiger partial charge in [-0.05, 0) is 49.9 Å². The predicted octanol–water partition coefficient (Wildman–Crippen LogP) is 3.23. The molecule has 29 heavy (non-hydrogen) atoms. The molecule has 1 aromatic carbocycles. The number of carbonyl (C=O) groups excluding carboxylic acids is 1. The Balaban J connectivity index is 1.88. The van der Waals surface area contributed by atoms with Crippen molar-refractivity contribution in [3.63, 3.8) is 0 Å². The number of hydrogen-bond donors (Lipinski definition) is 0. The molecule has 1 fully saturated rings. The Morgan fingerprint density at radius 1 is 1.24 bits per heavy atom. The molecule has 0 N–H and O–H groups in total. The third-order valence-electron chi connectivity index (χ3n) is 5.64. The van der Waals surface area contributed by atoms with Crippen molar-refractivity contribution < 1.29 is 9.18 Å². The van der Waals surface area contributed by atoms with Crippen LogP contribution in [0.4, 0.5) is 4.39 Å². The van der Waals surface area contributed by atoms with E-state index in [0.29, 0.717) is 17.8 Å². The van der Waals surface area contributed by atoms with Crippen molar-refractivity contribution in [2.75, 3.05) is 0 Å². The van der Waals surface area contributed by atoms with Crippen LogP contribution in [-0.4, -0.2) is 26.6 Å². The molecule has 1 aliphatic carbocycles. The number of benzene rings is 1. The fourth-order valence-corrected chi connectivity index (χ4v) is 3.83. The first kappa shape index (κ1) is 20.7. The van der Waals surface area contributed by atoms with E-state index in [1.165, 1.54) is 12.1 Å². The number of hydrogen-bond acceptors (Lipinski definition) is 4. The average molecular weight is 396 g/mol. The first-order chi connectivity index (χ1) is 13.9. The Labute approximate surface area is 169 Å². The highest BCUT2D eigenvalue weighted by Crippen LogP contribution is 2.24. The molecule has 2 aromatic rings. The van der Waals surface area contributed by atoms with Crippen molar-refractivity contribution in [3.8, 4) is 6.07 Å². The van der Waals surface area contributed by atoms with Gasteiger partial charge in [-0.25, -0.2) is 9.07 Å². The Morgan fingerprint density at radius 3 is 2.52 bits per heavy atom. The van der Waals surface area contributed by atoms with Crippen LogP contribution in [0.3, 0.4) is 0 Å². The number of nitriles is 1. The van der Waals surface area contributed by atoms with E-state index in [-0.39, 0.29) is 29.9 Å². The summed E-state index contributed by atoms with van der Waals surface area (Å²) in [5.41, 5.74) is 1.40. The van der Waals surface area contributed by atoms with Crippen LogP contribution in [-0.2, 0) is 17.9 Å². The summed E-state index contributed by atoms with van der Waals surface area (Å²) in [5.74, 6) is -0.540. The zero-order valence-electron chi connectivity index (χ0n) is 16.8. The standard InChI is InChI=1S/C22H25FN4O2/c1-15-16(2)25-27(22(29)20(15)12-24)14-21(28)26(19-6-4-3-5-7-19)13-17-8-10-18(23)11-9-17/h8-11,19H,3-7,13-14H2,1-2H3. The highest BCUT2D eigenvalue weighted by molar-refractivity contribution is 5.76. The van der Waals surface area contributed by atoms with E-state index in [2.05, 4.69) is 5.10 Å². The van der Waals surface area contributed by atoms with Crippen molar-refractivity contribution in [1.29, 1.82) is 5.26 Å². The van der Waals surface area contributed by atoms with Crippen LogP contribution in [0.2, 0.25) is 0 Å². The summed E-state index contributed by atoms with van der Waals surface area (Å²) in [5, 5.41) is 13.5.